The van der Waals surface area contributed by atoms with Gasteiger partial charge in [0.25, 0.3) is 0 Å². The molecule has 0 aliphatic heterocycles. The van der Waals surface area contributed by atoms with Gasteiger partial charge in [-0.05, 0) is 37.3 Å². The number of para-hydroxylation sites is 2. The van der Waals surface area contributed by atoms with E-state index >= 15 is 0 Å². The minimum atomic E-state index is 0.306. The van der Waals surface area contributed by atoms with Gasteiger partial charge >= 0.3 is 0 Å². The molecule has 1 aromatic carbocycles. The number of hydrogen-bond acceptors (Lipinski definition) is 2. The summed E-state index contributed by atoms with van der Waals surface area (Å²) in [6.07, 6.45) is 2.18. The van der Waals surface area contributed by atoms with Crippen molar-refractivity contribution in [2.24, 2.45) is 5.41 Å². The fraction of sp³-hybridized carbons (Fsp3) is 0.600. The number of rotatable bonds is 8. The highest BCUT2D eigenvalue weighted by molar-refractivity contribution is 9.09. The Kier molecular flexibility index (Phi) is 6.55. The number of hydrogen-bond donors (Lipinski definition) is 0. The van der Waals surface area contributed by atoms with Crippen LogP contribution in [0.3, 0.4) is 0 Å². The lowest BCUT2D eigenvalue weighted by Gasteiger charge is -2.25. The highest BCUT2D eigenvalue weighted by Gasteiger charge is 2.20. The highest BCUT2D eigenvalue weighted by atomic mass is 79.9. The van der Waals surface area contributed by atoms with Crippen LogP contribution in [0.15, 0.2) is 24.3 Å². The zero-order valence-corrected chi connectivity index (χ0v) is 13.1. The van der Waals surface area contributed by atoms with Gasteiger partial charge < -0.3 is 9.47 Å². The summed E-state index contributed by atoms with van der Waals surface area (Å²) in [6.45, 7) is 7.86. The van der Waals surface area contributed by atoms with E-state index in [9.17, 15) is 0 Å². The molecule has 0 radical (unpaired) electrons. The Labute approximate surface area is 119 Å². The van der Waals surface area contributed by atoms with Gasteiger partial charge in [-0.15, -0.1) is 0 Å². The topological polar surface area (TPSA) is 18.5 Å². The summed E-state index contributed by atoms with van der Waals surface area (Å²) < 4.78 is 11.4. The van der Waals surface area contributed by atoms with Crippen molar-refractivity contribution in [1.82, 2.24) is 0 Å². The molecule has 0 aromatic heterocycles. The molecule has 0 saturated carbocycles. The average molecular weight is 315 g/mol. The van der Waals surface area contributed by atoms with Crippen LogP contribution in [0.2, 0.25) is 0 Å². The van der Waals surface area contributed by atoms with Crippen LogP contribution in [0, 0.1) is 5.41 Å². The Morgan fingerprint density at radius 3 is 2.22 bits per heavy atom. The monoisotopic (exact) mass is 314 g/mol. The van der Waals surface area contributed by atoms with E-state index in [0.717, 1.165) is 36.3 Å². The molecule has 0 bridgehead atoms. The molecule has 0 spiro atoms. The molecule has 1 atom stereocenters. The molecule has 0 amide bonds. The van der Waals surface area contributed by atoms with E-state index in [1.165, 1.54) is 0 Å². The third kappa shape index (κ3) is 4.52. The van der Waals surface area contributed by atoms with Crippen molar-refractivity contribution in [3.8, 4) is 11.5 Å². The van der Waals surface area contributed by atoms with E-state index in [1.54, 1.807) is 0 Å². The summed E-state index contributed by atoms with van der Waals surface area (Å²) >= 11 is 3.58. The molecule has 102 valence electrons. The fourth-order valence-electron chi connectivity index (χ4n) is 1.59. The molecular formula is C15H23BrO2. The van der Waals surface area contributed by atoms with Gasteiger partial charge in [0.1, 0.15) is 0 Å². The van der Waals surface area contributed by atoms with Crippen molar-refractivity contribution < 1.29 is 9.47 Å². The average Bonchev–Trinajstić information content (AvgIpc) is 2.41. The van der Waals surface area contributed by atoms with Crippen LogP contribution < -0.4 is 9.47 Å². The number of ether oxygens (including phenoxy) is 2. The second kappa shape index (κ2) is 7.67. The molecule has 1 unspecified atom stereocenters. The van der Waals surface area contributed by atoms with Crippen LogP contribution in [0.4, 0.5) is 0 Å². The van der Waals surface area contributed by atoms with Crippen LogP contribution >= 0.6 is 15.9 Å². The van der Waals surface area contributed by atoms with Gasteiger partial charge in [0.15, 0.2) is 11.5 Å². The van der Waals surface area contributed by atoms with Crippen LogP contribution in [-0.2, 0) is 0 Å². The largest absolute Gasteiger partial charge is 0.490 e. The minimum absolute atomic E-state index is 0.306. The number of alkyl halides is 1. The van der Waals surface area contributed by atoms with Crippen LogP contribution in [0.5, 0.6) is 11.5 Å². The first-order valence-electron chi connectivity index (χ1n) is 6.56. The van der Waals surface area contributed by atoms with Crippen molar-refractivity contribution in [3.63, 3.8) is 0 Å². The van der Waals surface area contributed by atoms with Crippen molar-refractivity contribution in [2.45, 2.75) is 33.6 Å². The van der Waals surface area contributed by atoms with Crippen molar-refractivity contribution in [1.29, 1.82) is 0 Å². The molecule has 2 nitrogen and oxygen atoms in total. The first kappa shape index (κ1) is 15.4. The maximum absolute atomic E-state index is 5.84. The van der Waals surface area contributed by atoms with Crippen LogP contribution in [0.1, 0.15) is 33.6 Å². The van der Waals surface area contributed by atoms with E-state index in [1.807, 2.05) is 31.2 Å². The first-order chi connectivity index (χ1) is 8.65. The molecule has 0 fully saturated rings. The predicted octanol–water partition coefficient (Wildman–Crippen LogP) is 4.67. The summed E-state index contributed by atoms with van der Waals surface area (Å²) in [5.74, 6) is 1.67. The zero-order chi connectivity index (χ0) is 13.4. The Morgan fingerprint density at radius 1 is 1.11 bits per heavy atom. The molecule has 3 heteroatoms. The SMILES string of the molecule is CCOc1ccccc1OCCC(C)(CC)CBr. The molecule has 0 N–H and O–H groups in total. The second-order valence-corrected chi connectivity index (χ2v) is 5.34. The second-order valence-electron chi connectivity index (χ2n) is 4.78. The standard InChI is InChI=1S/C15H23BrO2/c1-4-15(3,12-16)10-11-18-14-9-7-6-8-13(14)17-5-2/h6-9H,4-5,10-12H2,1-3H3. The molecular weight excluding hydrogens is 292 g/mol. The van der Waals surface area contributed by atoms with E-state index in [0.29, 0.717) is 12.0 Å². The maximum atomic E-state index is 5.84. The Hall–Kier alpha value is -0.700. The van der Waals surface area contributed by atoms with Gasteiger partial charge in [-0.25, -0.2) is 0 Å². The minimum Gasteiger partial charge on any atom is -0.490 e. The zero-order valence-electron chi connectivity index (χ0n) is 11.5. The Morgan fingerprint density at radius 2 is 1.72 bits per heavy atom. The smallest absolute Gasteiger partial charge is 0.161 e. The van der Waals surface area contributed by atoms with E-state index in [-0.39, 0.29) is 0 Å². The third-order valence-electron chi connectivity index (χ3n) is 3.29. The molecule has 0 saturated heterocycles. The van der Waals surface area contributed by atoms with E-state index in [4.69, 9.17) is 9.47 Å². The Balaban J connectivity index is 2.53. The molecule has 1 rings (SSSR count). The van der Waals surface area contributed by atoms with E-state index in [2.05, 4.69) is 29.8 Å². The molecule has 0 heterocycles. The summed E-state index contributed by atoms with van der Waals surface area (Å²) in [4.78, 5) is 0. The third-order valence-corrected chi connectivity index (χ3v) is 4.64. The number of halogens is 1. The molecule has 0 aliphatic carbocycles. The van der Waals surface area contributed by atoms with E-state index < -0.39 is 0 Å². The summed E-state index contributed by atoms with van der Waals surface area (Å²) in [7, 11) is 0. The first-order valence-corrected chi connectivity index (χ1v) is 7.68. The predicted molar refractivity (Wildman–Crippen MR) is 79.9 cm³/mol. The maximum Gasteiger partial charge on any atom is 0.161 e. The molecule has 1 aromatic rings. The quantitative estimate of drug-likeness (QED) is 0.649. The molecule has 18 heavy (non-hydrogen) atoms. The van der Waals surface area contributed by atoms with Crippen molar-refractivity contribution in [2.75, 3.05) is 18.5 Å². The van der Waals surface area contributed by atoms with Gasteiger partial charge in [-0.2, -0.15) is 0 Å². The molecule has 0 aliphatic rings. The fourth-order valence-corrected chi connectivity index (χ4v) is 2.27. The van der Waals surface area contributed by atoms with Crippen LogP contribution in [0.25, 0.3) is 0 Å². The lowest BCUT2D eigenvalue weighted by molar-refractivity contribution is 0.217. The lowest BCUT2D eigenvalue weighted by atomic mass is 9.87. The van der Waals surface area contributed by atoms with Gasteiger partial charge in [0.2, 0.25) is 0 Å². The summed E-state index contributed by atoms with van der Waals surface area (Å²) in [5, 5.41) is 1.01. The van der Waals surface area contributed by atoms with Gasteiger partial charge in [-0.3, -0.25) is 0 Å². The van der Waals surface area contributed by atoms with Gasteiger partial charge in [-0.1, -0.05) is 41.9 Å². The normalized spacial score (nSPS) is 14.0. The number of benzene rings is 1. The Bertz CT molecular complexity index is 348. The lowest BCUT2D eigenvalue weighted by Crippen LogP contribution is -2.20. The highest BCUT2D eigenvalue weighted by Crippen LogP contribution is 2.30. The summed E-state index contributed by atoms with van der Waals surface area (Å²) in [6, 6.07) is 7.85. The van der Waals surface area contributed by atoms with Gasteiger partial charge in [0.05, 0.1) is 13.2 Å². The van der Waals surface area contributed by atoms with Crippen molar-refractivity contribution >= 4 is 15.9 Å². The van der Waals surface area contributed by atoms with Gasteiger partial charge in [0, 0.05) is 5.33 Å². The summed E-state index contributed by atoms with van der Waals surface area (Å²) in [5.41, 5.74) is 0.306. The van der Waals surface area contributed by atoms with Crippen LogP contribution in [-0.4, -0.2) is 18.5 Å². The van der Waals surface area contributed by atoms with Crippen molar-refractivity contribution in [3.05, 3.63) is 24.3 Å².